The first kappa shape index (κ1) is 26.4. The number of nitrogens with one attached hydrogen (secondary N) is 1. The van der Waals surface area contributed by atoms with E-state index >= 15 is 0 Å². The van der Waals surface area contributed by atoms with Crippen molar-refractivity contribution in [3.63, 3.8) is 0 Å². The van der Waals surface area contributed by atoms with E-state index in [1.54, 1.807) is 14.2 Å². The molecule has 1 N–H and O–H groups in total. The maximum Gasteiger partial charge on any atom is 0.271 e. The lowest BCUT2D eigenvalue weighted by molar-refractivity contribution is 0.0954. The Morgan fingerprint density at radius 1 is 0.892 bits per heavy atom. The highest BCUT2D eigenvalue weighted by Gasteiger charge is 2.19. The third kappa shape index (κ3) is 7.20. The van der Waals surface area contributed by atoms with E-state index in [0.29, 0.717) is 23.5 Å². The van der Waals surface area contributed by atoms with Crippen molar-refractivity contribution < 1.29 is 14.3 Å². The minimum Gasteiger partial charge on any atom is -0.493 e. The smallest absolute Gasteiger partial charge is 0.271 e. The number of rotatable bonds is 10. The van der Waals surface area contributed by atoms with Gasteiger partial charge in [0.15, 0.2) is 11.5 Å². The van der Waals surface area contributed by atoms with Crippen LogP contribution in [-0.2, 0) is 13.0 Å². The van der Waals surface area contributed by atoms with Crippen LogP contribution in [0.1, 0.15) is 53.2 Å². The van der Waals surface area contributed by atoms with Crippen molar-refractivity contribution in [2.45, 2.75) is 39.2 Å². The van der Waals surface area contributed by atoms with Crippen LogP contribution in [0.3, 0.4) is 0 Å². The van der Waals surface area contributed by atoms with E-state index in [4.69, 9.17) is 9.47 Å². The molecule has 3 aromatic carbocycles. The standard InChI is InChI=1S/C31H37N3O3/c1-4-28(27-14-15-29(36-2)30(21-27)37-3)32-33-31(35)26-12-10-25(11-13-26)22-34-18-16-24(17-19-34)20-23-8-6-5-7-9-23/h5-15,21,24H,4,16-20,22H2,1-3H3,(H,33,35)/b32-28-. The lowest BCUT2D eigenvalue weighted by Crippen LogP contribution is -2.33. The van der Waals surface area contributed by atoms with Gasteiger partial charge in [-0.3, -0.25) is 9.69 Å². The van der Waals surface area contributed by atoms with E-state index in [0.717, 1.165) is 36.8 Å². The van der Waals surface area contributed by atoms with E-state index in [-0.39, 0.29) is 5.91 Å². The molecule has 0 atom stereocenters. The molecule has 1 saturated heterocycles. The molecule has 1 fully saturated rings. The Morgan fingerprint density at radius 2 is 1.57 bits per heavy atom. The topological polar surface area (TPSA) is 63.2 Å². The van der Waals surface area contributed by atoms with Gasteiger partial charge in [0.25, 0.3) is 5.91 Å². The fourth-order valence-electron chi connectivity index (χ4n) is 4.86. The molecule has 0 saturated carbocycles. The molecule has 194 valence electrons. The van der Waals surface area contributed by atoms with Crippen LogP contribution in [0.25, 0.3) is 0 Å². The lowest BCUT2D eigenvalue weighted by Gasteiger charge is -2.32. The van der Waals surface area contributed by atoms with Gasteiger partial charge in [-0.1, -0.05) is 49.4 Å². The van der Waals surface area contributed by atoms with Crippen molar-refractivity contribution in [1.82, 2.24) is 10.3 Å². The Labute approximate surface area is 220 Å². The molecule has 0 bridgehead atoms. The van der Waals surface area contributed by atoms with Gasteiger partial charge in [0, 0.05) is 17.7 Å². The second-order valence-corrected chi connectivity index (χ2v) is 9.53. The van der Waals surface area contributed by atoms with Crippen molar-refractivity contribution in [2.75, 3.05) is 27.3 Å². The number of ether oxygens (including phenoxy) is 2. The molecule has 1 aliphatic rings. The van der Waals surface area contributed by atoms with Gasteiger partial charge in [-0.2, -0.15) is 5.10 Å². The third-order valence-electron chi connectivity index (χ3n) is 7.04. The Balaban J connectivity index is 1.29. The van der Waals surface area contributed by atoms with Crippen LogP contribution in [0.2, 0.25) is 0 Å². The molecule has 0 radical (unpaired) electrons. The first-order chi connectivity index (χ1) is 18.1. The molecule has 6 nitrogen and oxygen atoms in total. The van der Waals surface area contributed by atoms with Gasteiger partial charge < -0.3 is 9.47 Å². The number of piperidine rings is 1. The summed E-state index contributed by atoms with van der Waals surface area (Å²) in [5, 5.41) is 4.39. The molecular weight excluding hydrogens is 462 g/mol. The molecule has 0 aliphatic carbocycles. The van der Waals surface area contributed by atoms with Crippen molar-refractivity contribution >= 4 is 11.6 Å². The van der Waals surface area contributed by atoms with Crippen LogP contribution in [0.15, 0.2) is 77.9 Å². The van der Waals surface area contributed by atoms with Gasteiger partial charge in [-0.15, -0.1) is 0 Å². The predicted octanol–water partition coefficient (Wildman–Crippen LogP) is 5.70. The van der Waals surface area contributed by atoms with Crippen LogP contribution >= 0.6 is 0 Å². The first-order valence-electron chi connectivity index (χ1n) is 13.0. The summed E-state index contributed by atoms with van der Waals surface area (Å²) < 4.78 is 10.7. The third-order valence-corrected chi connectivity index (χ3v) is 7.04. The average Bonchev–Trinajstić information content (AvgIpc) is 2.95. The average molecular weight is 500 g/mol. The highest BCUT2D eigenvalue weighted by molar-refractivity contribution is 6.02. The predicted molar refractivity (Wildman–Crippen MR) is 148 cm³/mol. The number of nitrogens with zero attached hydrogens (tertiary/aromatic N) is 2. The lowest BCUT2D eigenvalue weighted by atomic mass is 9.90. The molecule has 37 heavy (non-hydrogen) atoms. The molecular formula is C31H37N3O3. The van der Waals surface area contributed by atoms with Crippen LogP contribution < -0.4 is 14.9 Å². The number of hydrogen-bond acceptors (Lipinski definition) is 5. The van der Waals surface area contributed by atoms with E-state index in [2.05, 4.69) is 45.8 Å². The second-order valence-electron chi connectivity index (χ2n) is 9.53. The largest absolute Gasteiger partial charge is 0.493 e. The maximum atomic E-state index is 12.7. The van der Waals surface area contributed by atoms with Crippen LogP contribution in [0.5, 0.6) is 11.5 Å². The van der Waals surface area contributed by atoms with Gasteiger partial charge in [-0.25, -0.2) is 5.43 Å². The summed E-state index contributed by atoms with van der Waals surface area (Å²) in [7, 11) is 3.21. The Hall–Kier alpha value is -3.64. The molecule has 1 heterocycles. The van der Waals surface area contributed by atoms with Crippen molar-refractivity contribution in [2.24, 2.45) is 11.0 Å². The SMILES string of the molecule is CC/C(=N/NC(=O)c1ccc(CN2CCC(Cc3ccccc3)CC2)cc1)c1ccc(OC)c(OC)c1. The number of hydrazone groups is 1. The number of carbonyl (C=O) groups is 1. The molecule has 0 aromatic heterocycles. The Morgan fingerprint density at radius 3 is 2.22 bits per heavy atom. The summed E-state index contributed by atoms with van der Waals surface area (Å²) in [6.07, 6.45) is 4.30. The number of amides is 1. The summed E-state index contributed by atoms with van der Waals surface area (Å²) in [4.78, 5) is 15.2. The molecule has 1 amide bonds. The Kier molecular flexibility index (Phi) is 9.33. The van der Waals surface area contributed by atoms with Crippen molar-refractivity contribution in [1.29, 1.82) is 0 Å². The van der Waals surface area contributed by atoms with E-state index in [1.165, 1.54) is 30.4 Å². The fraction of sp³-hybridized carbons (Fsp3) is 0.355. The zero-order chi connectivity index (χ0) is 26.0. The van der Waals surface area contributed by atoms with Gasteiger partial charge in [0.05, 0.1) is 19.9 Å². The summed E-state index contributed by atoms with van der Waals surface area (Å²) in [6.45, 7) is 5.15. The first-order valence-corrected chi connectivity index (χ1v) is 13.0. The van der Waals surface area contributed by atoms with E-state index in [1.807, 2.05) is 49.4 Å². The van der Waals surface area contributed by atoms with Crippen molar-refractivity contribution in [3.05, 3.63) is 95.1 Å². The summed E-state index contributed by atoms with van der Waals surface area (Å²) in [5.74, 6) is 1.82. The zero-order valence-electron chi connectivity index (χ0n) is 22.1. The minimum absolute atomic E-state index is 0.222. The zero-order valence-corrected chi connectivity index (χ0v) is 22.1. The highest BCUT2D eigenvalue weighted by atomic mass is 16.5. The Bertz CT molecular complexity index is 1180. The van der Waals surface area contributed by atoms with Gasteiger partial charge in [0.1, 0.15) is 0 Å². The number of benzene rings is 3. The van der Waals surface area contributed by atoms with Gasteiger partial charge in [-0.05, 0) is 86.1 Å². The normalized spacial score (nSPS) is 14.8. The van der Waals surface area contributed by atoms with Crippen LogP contribution in [-0.4, -0.2) is 43.8 Å². The highest BCUT2D eigenvalue weighted by Crippen LogP contribution is 2.28. The number of carbonyl (C=O) groups excluding carboxylic acids is 1. The molecule has 0 unspecified atom stereocenters. The monoisotopic (exact) mass is 499 g/mol. The summed E-state index contributed by atoms with van der Waals surface area (Å²) >= 11 is 0. The fourth-order valence-corrected chi connectivity index (χ4v) is 4.86. The van der Waals surface area contributed by atoms with Crippen LogP contribution in [0.4, 0.5) is 0 Å². The number of likely N-dealkylation sites (tertiary alicyclic amines) is 1. The molecule has 3 aromatic rings. The van der Waals surface area contributed by atoms with E-state index < -0.39 is 0 Å². The molecule has 0 spiro atoms. The van der Waals surface area contributed by atoms with Crippen molar-refractivity contribution in [3.8, 4) is 11.5 Å². The molecule has 1 aliphatic heterocycles. The minimum atomic E-state index is -0.222. The second kappa shape index (κ2) is 13.1. The summed E-state index contributed by atoms with van der Waals surface area (Å²) in [6, 6.07) is 24.3. The summed E-state index contributed by atoms with van der Waals surface area (Å²) in [5.41, 5.74) is 7.61. The number of hydrogen-bond donors (Lipinski definition) is 1. The van der Waals surface area contributed by atoms with Crippen LogP contribution in [0, 0.1) is 5.92 Å². The number of methoxy groups -OCH3 is 2. The van der Waals surface area contributed by atoms with Gasteiger partial charge in [0.2, 0.25) is 0 Å². The molecule has 6 heteroatoms. The maximum absolute atomic E-state index is 12.7. The van der Waals surface area contributed by atoms with E-state index in [9.17, 15) is 4.79 Å². The quantitative estimate of drug-likeness (QED) is 0.287. The van der Waals surface area contributed by atoms with Gasteiger partial charge >= 0.3 is 0 Å². The molecule has 4 rings (SSSR count).